The summed E-state index contributed by atoms with van der Waals surface area (Å²) in [4.78, 5) is 14.5. The maximum Gasteiger partial charge on any atom is 0.227 e. The Morgan fingerprint density at radius 3 is 2.50 bits per heavy atom. The number of phenolic OH excluding ortho intramolecular Hbond substituents is 1. The molecule has 0 heterocycles. The van der Waals surface area contributed by atoms with E-state index in [1.807, 2.05) is 37.3 Å². The summed E-state index contributed by atoms with van der Waals surface area (Å²) in [6, 6.07) is 14.5. The van der Waals surface area contributed by atoms with Gasteiger partial charge in [-0.05, 0) is 29.2 Å². The second kappa shape index (κ2) is 8.71. The van der Waals surface area contributed by atoms with E-state index in [1.54, 1.807) is 17.0 Å². The van der Waals surface area contributed by atoms with Crippen LogP contribution in [0.25, 0.3) is 0 Å². The van der Waals surface area contributed by atoms with Gasteiger partial charge in [-0.3, -0.25) is 4.79 Å². The lowest BCUT2D eigenvalue weighted by molar-refractivity contribution is -0.131. The smallest absolute Gasteiger partial charge is 0.227 e. The van der Waals surface area contributed by atoms with Crippen LogP contribution >= 0.6 is 11.6 Å². The zero-order valence-electron chi connectivity index (χ0n) is 13.7. The van der Waals surface area contributed by atoms with Crippen molar-refractivity contribution in [2.24, 2.45) is 5.92 Å². The van der Waals surface area contributed by atoms with Crippen LogP contribution in [0.3, 0.4) is 0 Å². The highest BCUT2D eigenvalue weighted by Crippen LogP contribution is 2.24. The van der Waals surface area contributed by atoms with E-state index in [2.05, 4.69) is 0 Å². The van der Waals surface area contributed by atoms with E-state index in [0.717, 1.165) is 11.1 Å². The maximum atomic E-state index is 12.7. The van der Waals surface area contributed by atoms with Crippen molar-refractivity contribution in [1.82, 2.24) is 4.90 Å². The van der Waals surface area contributed by atoms with Crippen LogP contribution in [-0.2, 0) is 17.8 Å². The molecule has 2 N–H and O–H groups in total. The summed E-state index contributed by atoms with van der Waals surface area (Å²) >= 11 is 5.91. The van der Waals surface area contributed by atoms with E-state index in [1.165, 1.54) is 6.07 Å². The molecule has 1 atom stereocenters. The van der Waals surface area contributed by atoms with E-state index >= 15 is 0 Å². The molecule has 5 heteroatoms. The molecule has 0 fully saturated rings. The van der Waals surface area contributed by atoms with Crippen LogP contribution in [0.1, 0.15) is 18.1 Å². The fourth-order valence-electron chi connectivity index (χ4n) is 2.44. The van der Waals surface area contributed by atoms with Crippen molar-refractivity contribution in [3.8, 4) is 5.75 Å². The first-order valence-electron chi connectivity index (χ1n) is 7.89. The Labute approximate surface area is 147 Å². The molecule has 128 valence electrons. The maximum absolute atomic E-state index is 12.7. The number of benzene rings is 2. The largest absolute Gasteiger partial charge is 0.506 e. The number of amides is 1. The molecule has 0 spiro atoms. The fourth-order valence-corrected chi connectivity index (χ4v) is 2.64. The number of carbonyl (C=O) groups excluding carboxylic acids is 1. The van der Waals surface area contributed by atoms with Gasteiger partial charge in [0.25, 0.3) is 0 Å². The summed E-state index contributed by atoms with van der Waals surface area (Å²) < 4.78 is 0. The van der Waals surface area contributed by atoms with Crippen LogP contribution < -0.4 is 0 Å². The number of phenols is 1. The van der Waals surface area contributed by atoms with Crippen molar-refractivity contribution in [2.45, 2.75) is 19.9 Å². The summed E-state index contributed by atoms with van der Waals surface area (Å²) in [6.45, 7) is 2.91. The Morgan fingerprint density at radius 2 is 1.88 bits per heavy atom. The van der Waals surface area contributed by atoms with E-state index in [4.69, 9.17) is 11.6 Å². The number of hydrogen-bond acceptors (Lipinski definition) is 3. The van der Waals surface area contributed by atoms with Gasteiger partial charge >= 0.3 is 0 Å². The van der Waals surface area contributed by atoms with Gasteiger partial charge < -0.3 is 15.1 Å². The van der Waals surface area contributed by atoms with Gasteiger partial charge in [0.1, 0.15) is 5.75 Å². The summed E-state index contributed by atoms with van der Waals surface area (Å²) in [5, 5.41) is 19.0. The van der Waals surface area contributed by atoms with Crippen molar-refractivity contribution in [1.29, 1.82) is 0 Å². The molecule has 2 aromatic carbocycles. The first kappa shape index (κ1) is 18.3. The van der Waals surface area contributed by atoms with Gasteiger partial charge in [0, 0.05) is 19.7 Å². The van der Waals surface area contributed by atoms with Gasteiger partial charge in [0.2, 0.25) is 5.91 Å². The van der Waals surface area contributed by atoms with Gasteiger partial charge in [-0.15, -0.1) is 0 Å². The fraction of sp³-hybridized carbons (Fsp3) is 0.316. The predicted molar refractivity (Wildman–Crippen MR) is 94.9 cm³/mol. The van der Waals surface area contributed by atoms with E-state index in [9.17, 15) is 15.0 Å². The normalized spacial score (nSPS) is 12.0. The average molecular weight is 348 g/mol. The molecule has 2 rings (SSSR count). The number of hydrogen-bond donors (Lipinski definition) is 2. The van der Waals surface area contributed by atoms with Crippen molar-refractivity contribution >= 4 is 17.5 Å². The van der Waals surface area contributed by atoms with Crippen LogP contribution in [-0.4, -0.2) is 34.2 Å². The van der Waals surface area contributed by atoms with E-state index < -0.39 is 0 Å². The van der Waals surface area contributed by atoms with Crippen molar-refractivity contribution in [3.05, 3.63) is 64.7 Å². The topological polar surface area (TPSA) is 60.8 Å². The first-order chi connectivity index (χ1) is 11.5. The number of carbonyl (C=O) groups is 1. The third kappa shape index (κ3) is 5.25. The second-order valence-electron chi connectivity index (χ2n) is 6.01. The highest BCUT2D eigenvalue weighted by Gasteiger charge is 2.17. The minimum Gasteiger partial charge on any atom is -0.506 e. The Bertz CT molecular complexity index is 676. The third-order valence-electron chi connectivity index (χ3n) is 3.78. The molecule has 0 saturated heterocycles. The molecular weight excluding hydrogens is 326 g/mol. The lowest BCUT2D eigenvalue weighted by atomic mass is 10.1. The second-order valence-corrected chi connectivity index (χ2v) is 6.42. The first-order valence-corrected chi connectivity index (χ1v) is 8.27. The van der Waals surface area contributed by atoms with Crippen molar-refractivity contribution in [2.75, 3.05) is 13.2 Å². The molecule has 0 aliphatic carbocycles. The number of aliphatic hydroxyl groups is 1. The monoisotopic (exact) mass is 347 g/mol. The predicted octanol–water partition coefficient (Wildman–Crippen LogP) is 3.25. The summed E-state index contributed by atoms with van der Waals surface area (Å²) in [7, 11) is 0. The lowest BCUT2D eigenvalue weighted by Crippen LogP contribution is -2.36. The summed E-state index contributed by atoms with van der Waals surface area (Å²) in [5.41, 5.74) is 1.79. The minimum atomic E-state index is -0.0408. The Kier molecular flexibility index (Phi) is 6.64. The molecule has 4 nitrogen and oxygen atoms in total. The Hall–Kier alpha value is -2.04. The minimum absolute atomic E-state index is 0.000989. The Balaban J connectivity index is 2.12. The van der Waals surface area contributed by atoms with Gasteiger partial charge in [-0.1, -0.05) is 54.9 Å². The molecule has 0 bridgehead atoms. The molecule has 0 saturated carbocycles. The number of aromatic hydroxyl groups is 1. The number of nitrogens with zero attached hydrogens (tertiary/aromatic N) is 1. The zero-order valence-corrected chi connectivity index (χ0v) is 14.4. The van der Waals surface area contributed by atoms with Crippen LogP contribution in [0.2, 0.25) is 5.02 Å². The molecule has 0 aliphatic heterocycles. The van der Waals surface area contributed by atoms with Crippen LogP contribution in [0, 0.1) is 5.92 Å². The summed E-state index contributed by atoms with van der Waals surface area (Å²) in [5.74, 6) is -0.0371. The molecule has 0 aliphatic rings. The lowest BCUT2D eigenvalue weighted by Gasteiger charge is -2.25. The highest BCUT2D eigenvalue weighted by molar-refractivity contribution is 6.32. The number of rotatable bonds is 7. The standard InChI is InChI=1S/C19H22ClNO3/c1-14(13-22)11-21(12-15-5-3-2-4-6-15)19(24)10-16-7-8-18(23)17(20)9-16/h2-9,14,22-23H,10-13H2,1H3. The van der Waals surface area contributed by atoms with E-state index in [0.29, 0.717) is 13.1 Å². The van der Waals surface area contributed by atoms with Gasteiger partial charge in [-0.25, -0.2) is 0 Å². The van der Waals surface area contributed by atoms with Crippen molar-refractivity contribution in [3.63, 3.8) is 0 Å². The molecule has 2 aromatic rings. The van der Waals surface area contributed by atoms with Crippen molar-refractivity contribution < 1.29 is 15.0 Å². The third-order valence-corrected chi connectivity index (χ3v) is 4.08. The van der Waals surface area contributed by atoms with Crippen LogP contribution in [0.15, 0.2) is 48.5 Å². The highest BCUT2D eigenvalue weighted by atomic mass is 35.5. The average Bonchev–Trinajstić information content (AvgIpc) is 2.58. The molecule has 0 aromatic heterocycles. The zero-order chi connectivity index (χ0) is 17.5. The van der Waals surface area contributed by atoms with E-state index in [-0.39, 0.29) is 35.6 Å². The quantitative estimate of drug-likeness (QED) is 0.808. The molecular formula is C19H22ClNO3. The molecule has 1 unspecified atom stereocenters. The van der Waals surface area contributed by atoms with Crippen LogP contribution in [0.4, 0.5) is 0 Å². The molecule has 1 amide bonds. The van der Waals surface area contributed by atoms with Gasteiger partial charge in [0.15, 0.2) is 0 Å². The molecule has 0 radical (unpaired) electrons. The molecule has 24 heavy (non-hydrogen) atoms. The number of aliphatic hydroxyl groups excluding tert-OH is 1. The SMILES string of the molecule is CC(CO)CN(Cc1ccccc1)C(=O)Cc1ccc(O)c(Cl)c1. The van der Waals surface area contributed by atoms with Gasteiger partial charge in [-0.2, -0.15) is 0 Å². The number of halogens is 1. The van der Waals surface area contributed by atoms with Crippen LogP contribution in [0.5, 0.6) is 5.75 Å². The van der Waals surface area contributed by atoms with Gasteiger partial charge in [0.05, 0.1) is 11.4 Å². The Morgan fingerprint density at radius 1 is 1.17 bits per heavy atom. The summed E-state index contributed by atoms with van der Waals surface area (Å²) in [6.07, 6.45) is 0.199.